The molecule has 2 heterocycles. The van der Waals surface area contributed by atoms with Gasteiger partial charge in [-0.15, -0.1) is 0 Å². The van der Waals surface area contributed by atoms with Crippen LogP contribution in [0.2, 0.25) is 0 Å². The van der Waals surface area contributed by atoms with Crippen molar-refractivity contribution in [3.63, 3.8) is 0 Å². The number of nitro groups is 1. The van der Waals surface area contributed by atoms with Crippen LogP contribution in [0.25, 0.3) is 0 Å². The molecule has 10 nitrogen and oxygen atoms in total. The van der Waals surface area contributed by atoms with Crippen LogP contribution in [0.15, 0.2) is 34.0 Å². The van der Waals surface area contributed by atoms with Gasteiger partial charge < -0.3 is 0 Å². The highest BCUT2D eigenvalue weighted by Gasteiger charge is 2.34. The van der Waals surface area contributed by atoms with Crippen molar-refractivity contribution in [2.75, 3.05) is 13.1 Å². The molecule has 1 aliphatic heterocycles. The summed E-state index contributed by atoms with van der Waals surface area (Å²) in [4.78, 5) is 22.9. The van der Waals surface area contributed by atoms with E-state index in [1.54, 1.807) is 7.05 Å². The zero-order valence-corrected chi connectivity index (χ0v) is 17.6. The van der Waals surface area contributed by atoms with Gasteiger partial charge >= 0.3 is 5.69 Å². The van der Waals surface area contributed by atoms with Crippen LogP contribution in [-0.2, 0) is 17.1 Å². The maximum atomic E-state index is 13.0. The minimum atomic E-state index is -3.82. The third-order valence-electron chi connectivity index (χ3n) is 6.16. The molecule has 0 bridgehead atoms. The Balaban J connectivity index is 1.53. The minimum Gasteiger partial charge on any atom is -0.276 e. The molecule has 0 amide bonds. The van der Waals surface area contributed by atoms with Gasteiger partial charge in [-0.25, -0.2) is 17.9 Å². The van der Waals surface area contributed by atoms with Crippen LogP contribution in [-0.4, -0.2) is 45.1 Å². The number of sulfonamides is 1. The summed E-state index contributed by atoms with van der Waals surface area (Å²) in [5, 5.41) is 15.5. The molecule has 0 spiro atoms. The lowest BCUT2D eigenvalue weighted by Crippen LogP contribution is -2.38. The number of benzene rings is 1. The Kier molecular flexibility index (Phi) is 5.49. The van der Waals surface area contributed by atoms with Crippen LogP contribution >= 0.6 is 0 Å². The predicted octanol–water partition coefficient (Wildman–Crippen LogP) is 2.17. The molecule has 1 saturated carbocycles. The summed E-state index contributed by atoms with van der Waals surface area (Å²) in [6, 6.07) is 5.30. The van der Waals surface area contributed by atoms with E-state index in [4.69, 9.17) is 0 Å². The van der Waals surface area contributed by atoms with Gasteiger partial charge in [-0.2, -0.15) is 9.40 Å². The molecule has 4 rings (SSSR count). The fraction of sp³-hybridized carbons (Fsp3) is 0.579. The molecular weight excluding hydrogens is 410 g/mol. The van der Waals surface area contributed by atoms with Gasteiger partial charge in [0.15, 0.2) is 0 Å². The van der Waals surface area contributed by atoms with E-state index in [1.807, 2.05) is 4.57 Å². The second-order valence-corrected chi connectivity index (χ2v) is 9.94. The van der Waals surface area contributed by atoms with Crippen molar-refractivity contribution < 1.29 is 13.3 Å². The molecule has 162 valence electrons. The number of non-ortho nitro benzene ring substituents is 1. The SMILES string of the molecule is Cn1nc(C2CCN(S(=O)(=O)c3cccc([N+](=O)[O-])c3)CC2)n(C2CCCC2)c1=O. The molecule has 0 N–H and O–H groups in total. The van der Waals surface area contributed by atoms with E-state index >= 15 is 0 Å². The van der Waals surface area contributed by atoms with Crippen LogP contribution < -0.4 is 5.69 Å². The van der Waals surface area contributed by atoms with Crippen LogP contribution in [0.1, 0.15) is 56.3 Å². The Labute approximate surface area is 174 Å². The first-order valence-electron chi connectivity index (χ1n) is 10.2. The number of hydrogen-bond donors (Lipinski definition) is 0. The Bertz CT molecular complexity index is 1110. The van der Waals surface area contributed by atoms with Crippen LogP contribution in [0, 0.1) is 10.1 Å². The number of rotatable bonds is 5. The first-order valence-corrected chi connectivity index (χ1v) is 11.6. The monoisotopic (exact) mass is 435 g/mol. The number of aryl methyl sites for hydroxylation is 1. The quantitative estimate of drug-likeness (QED) is 0.524. The summed E-state index contributed by atoms with van der Waals surface area (Å²) >= 11 is 0. The van der Waals surface area contributed by atoms with Gasteiger partial charge in [0.05, 0.1) is 9.82 Å². The van der Waals surface area contributed by atoms with E-state index < -0.39 is 14.9 Å². The summed E-state index contributed by atoms with van der Waals surface area (Å²) in [5.41, 5.74) is -0.358. The Morgan fingerprint density at radius 3 is 2.43 bits per heavy atom. The molecule has 2 aromatic rings. The molecule has 0 unspecified atom stereocenters. The maximum Gasteiger partial charge on any atom is 0.345 e. The van der Waals surface area contributed by atoms with E-state index in [0.717, 1.165) is 37.6 Å². The molecule has 0 radical (unpaired) electrons. The van der Waals surface area contributed by atoms with Gasteiger partial charge in [0, 0.05) is 44.2 Å². The number of hydrogen-bond acceptors (Lipinski definition) is 6. The highest BCUT2D eigenvalue weighted by molar-refractivity contribution is 7.89. The van der Waals surface area contributed by atoms with E-state index in [9.17, 15) is 23.3 Å². The summed E-state index contributed by atoms with van der Waals surface area (Å²) < 4.78 is 30.5. The smallest absolute Gasteiger partial charge is 0.276 e. The lowest BCUT2D eigenvalue weighted by atomic mass is 9.97. The minimum absolute atomic E-state index is 0.0102. The van der Waals surface area contributed by atoms with Gasteiger partial charge in [0.1, 0.15) is 5.82 Å². The maximum absolute atomic E-state index is 13.0. The molecular formula is C19H25N5O5S. The largest absolute Gasteiger partial charge is 0.345 e. The highest BCUT2D eigenvalue weighted by atomic mass is 32.2. The van der Waals surface area contributed by atoms with Crippen molar-refractivity contribution in [3.05, 3.63) is 50.7 Å². The molecule has 2 aliphatic rings. The van der Waals surface area contributed by atoms with Gasteiger partial charge in [0.25, 0.3) is 5.69 Å². The van der Waals surface area contributed by atoms with E-state index in [0.29, 0.717) is 12.8 Å². The molecule has 1 aromatic carbocycles. The van der Waals surface area contributed by atoms with E-state index in [2.05, 4.69) is 5.10 Å². The summed E-state index contributed by atoms with van der Waals surface area (Å²) in [6.07, 6.45) is 5.25. The lowest BCUT2D eigenvalue weighted by molar-refractivity contribution is -0.385. The second-order valence-electron chi connectivity index (χ2n) is 8.01. The van der Waals surface area contributed by atoms with Crippen molar-refractivity contribution in [1.29, 1.82) is 0 Å². The highest BCUT2D eigenvalue weighted by Crippen LogP contribution is 2.34. The van der Waals surface area contributed by atoms with Crippen molar-refractivity contribution in [3.8, 4) is 0 Å². The standard InChI is InChI=1S/C19H25N5O5S/c1-21-19(25)23(15-5-2-3-6-15)18(20-21)14-9-11-22(12-10-14)30(28,29)17-8-4-7-16(13-17)24(26)27/h4,7-8,13-15H,2-3,5-6,9-12H2,1H3. The molecule has 1 aromatic heterocycles. The fourth-order valence-electron chi connectivity index (χ4n) is 4.54. The summed E-state index contributed by atoms with van der Waals surface area (Å²) in [5.74, 6) is 0.762. The Hall–Kier alpha value is -2.53. The van der Waals surface area contributed by atoms with Crippen LogP contribution in [0.4, 0.5) is 5.69 Å². The van der Waals surface area contributed by atoms with Crippen molar-refractivity contribution >= 4 is 15.7 Å². The average molecular weight is 436 g/mol. The van der Waals surface area contributed by atoms with Crippen LogP contribution in [0.3, 0.4) is 0 Å². The zero-order chi connectivity index (χ0) is 21.5. The normalized spacial score (nSPS) is 19.4. The molecule has 30 heavy (non-hydrogen) atoms. The van der Waals surface area contributed by atoms with Gasteiger partial charge in [-0.3, -0.25) is 14.7 Å². The third-order valence-corrected chi connectivity index (χ3v) is 8.05. The molecule has 1 aliphatic carbocycles. The Morgan fingerprint density at radius 1 is 1.13 bits per heavy atom. The first-order chi connectivity index (χ1) is 14.3. The van der Waals surface area contributed by atoms with E-state index in [-0.39, 0.29) is 41.3 Å². The topological polar surface area (TPSA) is 120 Å². The van der Waals surface area contributed by atoms with Gasteiger partial charge in [-0.1, -0.05) is 18.9 Å². The third kappa shape index (κ3) is 3.67. The van der Waals surface area contributed by atoms with Gasteiger partial charge in [-0.05, 0) is 31.7 Å². The molecule has 11 heteroatoms. The summed E-state index contributed by atoms with van der Waals surface area (Å²) in [6.45, 7) is 0.566. The Morgan fingerprint density at radius 2 is 1.80 bits per heavy atom. The first kappa shape index (κ1) is 20.7. The van der Waals surface area contributed by atoms with E-state index in [1.165, 1.54) is 27.2 Å². The number of aromatic nitrogens is 3. The number of nitrogens with zero attached hydrogens (tertiary/aromatic N) is 5. The molecule has 1 saturated heterocycles. The average Bonchev–Trinajstić information content (AvgIpc) is 3.36. The lowest BCUT2D eigenvalue weighted by Gasteiger charge is -2.31. The van der Waals surface area contributed by atoms with Crippen molar-refractivity contribution in [2.24, 2.45) is 7.05 Å². The van der Waals surface area contributed by atoms with Gasteiger partial charge in [0.2, 0.25) is 10.0 Å². The second kappa shape index (κ2) is 7.95. The predicted molar refractivity (Wildman–Crippen MR) is 109 cm³/mol. The molecule has 0 atom stereocenters. The number of nitro benzene ring substituents is 1. The van der Waals surface area contributed by atoms with Crippen LogP contribution in [0.5, 0.6) is 0 Å². The fourth-order valence-corrected chi connectivity index (χ4v) is 6.05. The summed E-state index contributed by atoms with van der Waals surface area (Å²) in [7, 11) is -2.17. The van der Waals surface area contributed by atoms with Crippen molar-refractivity contribution in [1.82, 2.24) is 18.7 Å². The molecule has 2 fully saturated rings. The number of piperidine rings is 1. The zero-order valence-electron chi connectivity index (χ0n) is 16.8. The van der Waals surface area contributed by atoms with Crippen molar-refractivity contribution in [2.45, 2.75) is 55.4 Å².